The lowest BCUT2D eigenvalue weighted by Crippen LogP contribution is -2.29. The fourth-order valence-corrected chi connectivity index (χ4v) is 4.99. The molecule has 0 bridgehead atoms. The standard InChI is InChI=1S/C35H39NO5S/c1-23(22-42-6)26-8-7-9-27(21-26)33-36-31(24(2)40-33)18-19-39-29-14-10-25(11-15-29)20-32(34(37)38)41-30-16-12-28(13-17-30)35(3,4)5/h7-17,21-22,32H,18-20H2,1-6H3,(H,37,38)/b23-22+. The molecule has 0 aliphatic heterocycles. The molecule has 42 heavy (non-hydrogen) atoms. The number of ether oxygens (including phenoxy) is 2. The van der Waals surface area contributed by atoms with Crippen LogP contribution >= 0.6 is 11.8 Å². The fourth-order valence-electron chi connectivity index (χ4n) is 4.50. The first kappa shape index (κ1) is 31.0. The van der Waals surface area contributed by atoms with Gasteiger partial charge in [-0.05, 0) is 89.6 Å². The van der Waals surface area contributed by atoms with Gasteiger partial charge in [-0.3, -0.25) is 0 Å². The molecule has 0 saturated carbocycles. The van der Waals surface area contributed by atoms with E-state index < -0.39 is 12.1 Å². The molecule has 4 aromatic rings. The SMILES string of the molecule is CS/C=C(\C)c1cccc(-c2nc(CCOc3ccc(CC(Oc4ccc(C(C)(C)C)cc4)C(=O)O)cc3)c(C)o2)c1. The zero-order chi connectivity index (χ0) is 30.3. The maximum atomic E-state index is 11.9. The quantitative estimate of drug-likeness (QED) is 0.179. The Labute approximate surface area is 252 Å². The second-order valence-corrected chi connectivity index (χ2v) is 12.0. The number of benzene rings is 3. The minimum atomic E-state index is -1.00. The van der Waals surface area contributed by atoms with E-state index in [4.69, 9.17) is 18.9 Å². The van der Waals surface area contributed by atoms with Crippen LogP contribution < -0.4 is 9.47 Å². The topological polar surface area (TPSA) is 81.8 Å². The molecule has 1 aromatic heterocycles. The van der Waals surface area contributed by atoms with Gasteiger partial charge in [-0.25, -0.2) is 9.78 Å². The summed E-state index contributed by atoms with van der Waals surface area (Å²) in [5, 5.41) is 11.9. The maximum Gasteiger partial charge on any atom is 0.345 e. The van der Waals surface area contributed by atoms with Crippen molar-refractivity contribution in [3.63, 3.8) is 0 Å². The van der Waals surface area contributed by atoms with Crippen LogP contribution in [0.15, 0.2) is 82.6 Å². The highest BCUT2D eigenvalue weighted by Crippen LogP contribution is 2.27. The van der Waals surface area contributed by atoms with Crippen molar-refractivity contribution in [1.29, 1.82) is 0 Å². The first-order valence-corrected chi connectivity index (χ1v) is 15.3. The van der Waals surface area contributed by atoms with Crippen molar-refractivity contribution in [3.8, 4) is 23.0 Å². The molecule has 1 unspecified atom stereocenters. The normalized spacial score (nSPS) is 12.7. The van der Waals surface area contributed by atoms with E-state index in [2.05, 4.69) is 45.2 Å². The summed E-state index contributed by atoms with van der Waals surface area (Å²) >= 11 is 1.68. The number of aromatic nitrogens is 1. The number of nitrogens with zero attached hydrogens (tertiary/aromatic N) is 1. The van der Waals surface area contributed by atoms with Crippen LogP contribution in [0.4, 0.5) is 0 Å². The van der Waals surface area contributed by atoms with Gasteiger partial charge in [-0.1, -0.05) is 57.2 Å². The third-order valence-electron chi connectivity index (χ3n) is 6.98. The van der Waals surface area contributed by atoms with Crippen LogP contribution in [0.1, 0.15) is 55.8 Å². The van der Waals surface area contributed by atoms with E-state index >= 15 is 0 Å². The Morgan fingerprint density at radius 3 is 2.38 bits per heavy atom. The highest BCUT2D eigenvalue weighted by molar-refractivity contribution is 8.01. The molecular weight excluding hydrogens is 546 g/mol. The van der Waals surface area contributed by atoms with Gasteiger partial charge in [0.1, 0.15) is 17.3 Å². The number of thioether (sulfide) groups is 1. The van der Waals surface area contributed by atoms with Gasteiger partial charge in [0, 0.05) is 18.4 Å². The van der Waals surface area contributed by atoms with E-state index in [0.717, 1.165) is 33.7 Å². The van der Waals surface area contributed by atoms with E-state index in [0.29, 0.717) is 30.4 Å². The predicted molar refractivity (Wildman–Crippen MR) is 170 cm³/mol. The van der Waals surface area contributed by atoms with Gasteiger partial charge in [0.2, 0.25) is 5.89 Å². The molecule has 0 aliphatic carbocycles. The van der Waals surface area contributed by atoms with E-state index in [-0.39, 0.29) is 11.8 Å². The molecule has 6 nitrogen and oxygen atoms in total. The first-order valence-electron chi connectivity index (χ1n) is 14.0. The number of carbonyl (C=O) groups is 1. The van der Waals surface area contributed by atoms with Crippen molar-refractivity contribution < 1.29 is 23.8 Å². The van der Waals surface area contributed by atoms with Gasteiger partial charge in [0.05, 0.1) is 12.3 Å². The number of carboxylic acid groups (broad SMARTS) is 1. The van der Waals surface area contributed by atoms with Crippen LogP contribution in [0, 0.1) is 6.92 Å². The summed E-state index contributed by atoms with van der Waals surface area (Å²) < 4.78 is 17.8. The summed E-state index contributed by atoms with van der Waals surface area (Å²) in [5.41, 5.74) is 6.17. The summed E-state index contributed by atoms with van der Waals surface area (Å²) in [6, 6.07) is 23.3. The van der Waals surface area contributed by atoms with Crippen LogP contribution in [0.3, 0.4) is 0 Å². The van der Waals surface area contributed by atoms with Gasteiger partial charge in [0.25, 0.3) is 0 Å². The molecule has 220 valence electrons. The Hall–Kier alpha value is -3.97. The second-order valence-electron chi connectivity index (χ2n) is 11.3. The molecule has 0 spiro atoms. The van der Waals surface area contributed by atoms with Crippen LogP contribution in [0.5, 0.6) is 11.5 Å². The molecule has 4 rings (SSSR count). The maximum absolute atomic E-state index is 11.9. The van der Waals surface area contributed by atoms with Crippen LogP contribution in [0.2, 0.25) is 0 Å². The number of hydrogen-bond donors (Lipinski definition) is 1. The van der Waals surface area contributed by atoms with E-state index in [1.807, 2.05) is 73.8 Å². The molecule has 0 saturated heterocycles. The van der Waals surface area contributed by atoms with Gasteiger partial charge in [0.15, 0.2) is 6.10 Å². The summed E-state index contributed by atoms with van der Waals surface area (Å²) in [7, 11) is 0. The number of hydrogen-bond acceptors (Lipinski definition) is 6. The number of aryl methyl sites for hydroxylation is 1. The number of carboxylic acids is 1. The molecule has 1 atom stereocenters. The number of oxazole rings is 1. The van der Waals surface area contributed by atoms with E-state index in [1.54, 1.807) is 11.8 Å². The summed E-state index contributed by atoms with van der Waals surface area (Å²) in [6.45, 7) is 10.9. The van der Waals surface area contributed by atoms with Crippen LogP contribution in [-0.2, 0) is 23.1 Å². The average molecular weight is 586 g/mol. The van der Waals surface area contributed by atoms with Crippen molar-refractivity contribution in [2.24, 2.45) is 0 Å². The number of allylic oxidation sites excluding steroid dienone is 1. The fraction of sp³-hybridized carbons (Fsp3) is 0.314. The second kappa shape index (κ2) is 13.8. The molecule has 3 aromatic carbocycles. The van der Waals surface area contributed by atoms with Gasteiger partial charge in [-0.15, -0.1) is 11.8 Å². The van der Waals surface area contributed by atoms with E-state index in [9.17, 15) is 9.90 Å². The first-order chi connectivity index (χ1) is 20.0. The highest BCUT2D eigenvalue weighted by Gasteiger charge is 2.21. The van der Waals surface area contributed by atoms with Crippen LogP contribution in [0.25, 0.3) is 17.0 Å². The van der Waals surface area contributed by atoms with Gasteiger partial charge >= 0.3 is 5.97 Å². The third kappa shape index (κ3) is 8.29. The Morgan fingerprint density at radius 1 is 1.05 bits per heavy atom. The summed E-state index contributed by atoms with van der Waals surface area (Å²) in [6.07, 6.45) is 1.90. The zero-order valence-electron chi connectivity index (χ0n) is 25.1. The molecule has 0 amide bonds. The molecule has 1 N–H and O–H groups in total. The van der Waals surface area contributed by atoms with Crippen molar-refractivity contribution in [2.75, 3.05) is 12.9 Å². The van der Waals surface area contributed by atoms with Crippen molar-refractivity contribution in [1.82, 2.24) is 4.98 Å². The Morgan fingerprint density at radius 2 is 1.74 bits per heavy atom. The highest BCUT2D eigenvalue weighted by atomic mass is 32.2. The van der Waals surface area contributed by atoms with E-state index in [1.165, 1.54) is 5.57 Å². The smallest absolute Gasteiger partial charge is 0.345 e. The average Bonchev–Trinajstić information content (AvgIpc) is 3.33. The monoisotopic (exact) mass is 585 g/mol. The molecule has 1 heterocycles. The number of rotatable bonds is 12. The Bertz CT molecular complexity index is 1510. The zero-order valence-corrected chi connectivity index (χ0v) is 26.0. The molecule has 0 fully saturated rings. The molecule has 0 radical (unpaired) electrons. The van der Waals surface area contributed by atoms with Crippen molar-refractivity contribution in [2.45, 2.75) is 59.0 Å². The lowest BCUT2D eigenvalue weighted by Gasteiger charge is -2.20. The lowest BCUT2D eigenvalue weighted by atomic mass is 9.87. The molecular formula is C35H39NO5S. The summed E-state index contributed by atoms with van der Waals surface area (Å²) in [5.74, 6) is 1.62. The number of aliphatic carboxylic acids is 1. The third-order valence-corrected chi connectivity index (χ3v) is 7.57. The van der Waals surface area contributed by atoms with Crippen LogP contribution in [-0.4, -0.2) is 35.0 Å². The Kier molecular flexibility index (Phi) is 10.2. The van der Waals surface area contributed by atoms with Gasteiger partial charge < -0.3 is 19.0 Å². The van der Waals surface area contributed by atoms with Gasteiger partial charge in [-0.2, -0.15) is 0 Å². The molecule has 0 aliphatic rings. The lowest BCUT2D eigenvalue weighted by molar-refractivity contribution is -0.145. The van der Waals surface area contributed by atoms with Crippen molar-refractivity contribution in [3.05, 3.63) is 106 Å². The predicted octanol–water partition coefficient (Wildman–Crippen LogP) is 8.37. The van der Waals surface area contributed by atoms with Crippen molar-refractivity contribution >= 4 is 23.3 Å². The summed E-state index contributed by atoms with van der Waals surface area (Å²) in [4.78, 5) is 16.6. The largest absolute Gasteiger partial charge is 0.493 e. The molecule has 7 heteroatoms. The Balaban J connectivity index is 1.32. The minimum absolute atomic E-state index is 0.0162. The minimum Gasteiger partial charge on any atom is -0.493 e.